The third-order valence-electron chi connectivity index (χ3n) is 7.48. The van der Waals surface area contributed by atoms with Gasteiger partial charge in [-0.25, -0.2) is 9.55 Å². The first-order valence-corrected chi connectivity index (χ1v) is 17.9. The fourth-order valence-corrected chi connectivity index (χ4v) is 7.35. The predicted octanol–water partition coefficient (Wildman–Crippen LogP) is 4.35. The molecule has 4 aromatic rings. The zero-order valence-corrected chi connectivity index (χ0v) is 30.5. The van der Waals surface area contributed by atoms with Crippen molar-refractivity contribution >= 4 is 64.2 Å². The number of aliphatic hydroxyl groups excluding tert-OH is 1. The van der Waals surface area contributed by atoms with Crippen LogP contribution in [0.4, 0.5) is 5.95 Å². The molecule has 48 heavy (non-hydrogen) atoms. The lowest BCUT2D eigenvalue weighted by Gasteiger charge is -2.28. The fraction of sp³-hybridized carbons (Fsp3) is 0.484. The highest BCUT2D eigenvalue weighted by Gasteiger charge is 2.55. The highest BCUT2D eigenvalue weighted by Crippen LogP contribution is 2.49. The van der Waals surface area contributed by atoms with E-state index in [9.17, 15) is 19.6 Å². The Morgan fingerprint density at radius 2 is 1.92 bits per heavy atom. The molecule has 1 fully saturated rings. The summed E-state index contributed by atoms with van der Waals surface area (Å²) in [5.74, 6) is -0.361. The quantitative estimate of drug-likeness (QED) is 0.0682. The number of nitrogens with one attached hydrogen (secondary N) is 1. The van der Waals surface area contributed by atoms with Gasteiger partial charge in [-0.1, -0.05) is 57.2 Å². The molecule has 1 aliphatic rings. The second kappa shape index (κ2) is 14.0. The number of esters is 1. The van der Waals surface area contributed by atoms with Gasteiger partial charge in [0.05, 0.1) is 19.8 Å². The van der Waals surface area contributed by atoms with Crippen molar-refractivity contribution in [3.8, 4) is 11.6 Å². The van der Waals surface area contributed by atoms with Crippen LogP contribution in [0.5, 0.6) is 11.6 Å². The summed E-state index contributed by atoms with van der Waals surface area (Å²) in [4.78, 5) is 25.8. The molecule has 15 nitrogen and oxygen atoms in total. The van der Waals surface area contributed by atoms with Crippen LogP contribution >= 0.6 is 30.3 Å². The van der Waals surface area contributed by atoms with Crippen molar-refractivity contribution in [3.63, 3.8) is 0 Å². The van der Waals surface area contributed by atoms with Gasteiger partial charge < -0.3 is 34.7 Å². The van der Waals surface area contributed by atoms with Crippen LogP contribution in [0.3, 0.4) is 0 Å². The van der Waals surface area contributed by atoms with Crippen LogP contribution in [-0.4, -0.2) is 79.4 Å². The average molecular weight is 799 g/mol. The SMILES string of the molecule is CCOc1nc(N)nc2c1nc(I)n2C1O[C@H](COP(=O)(N[C@@H](C)C(=O)OCC(C)(C)C)Oc2cccc3ccccc23)[C@@H](O)[C@@]1(C)O. The second-order valence-electron chi connectivity index (χ2n) is 12.8. The third kappa shape index (κ3) is 7.69. The first-order valence-electron chi connectivity index (χ1n) is 15.3. The molecule has 6 atom stereocenters. The van der Waals surface area contributed by atoms with Gasteiger partial charge in [-0.15, -0.1) is 0 Å². The van der Waals surface area contributed by atoms with Crippen molar-refractivity contribution in [3.05, 3.63) is 46.3 Å². The Balaban J connectivity index is 1.42. The number of carbonyl (C=O) groups excluding carboxylic acids is 1. The number of hydrogen-bond acceptors (Lipinski definition) is 13. The van der Waals surface area contributed by atoms with E-state index in [1.807, 2.05) is 67.6 Å². The number of benzene rings is 2. The normalized spacial score (nSPS) is 23.2. The highest BCUT2D eigenvalue weighted by atomic mass is 127. The number of halogens is 1. The minimum Gasteiger partial charge on any atom is -0.476 e. The summed E-state index contributed by atoms with van der Waals surface area (Å²) in [7, 11) is -4.39. The Hall–Kier alpha value is -3.12. The Kier molecular flexibility index (Phi) is 10.6. The van der Waals surface area contributed by atoms with E-state index in [1.165, 1.54) is 18.4 Å². The molecule has 2 aromatic heterocycles. The predicted molar refractivity (Wildman–Crippen MR) is 185 cm³/mol. The van der Waals surface area contributed by atoms with Crippen LogP contribution in [0.25, 0.3) is 21.9 Å². The number of ether oxygens (including phenoxy) is 3. The van der Waals surface area contributed by atoms with Crippen molar-refractivity contribution in [1.82, 2.24) is 24.6 Å². The van der Waals surface area contributed by atoms with Gasteiger partial charge in [0.1, 0.15) is 29.6 Å². The smallest absolute Gasteiger partial charge is 0.459 e. The van der Waals surface area contributed by atoms with E-state index < -0.39 is 50.4 Å². The number of carbonyl (C=O) groups is 1. The Labute approximate surface area is 291 Å². The van der Waals surface area contributed by atoms with Crippen molar-refractivity contribution in [2.75, 3.05) is 25.6 Å². The van der Waals surface area contributed by atoms with E-state index in [0.29, 0.717) is 15.8 Å². The number of nitrogens with zero attached hydrogens (tertiary/aromatic N) is 4. The van der Waals surface area contributed by atoms with E-state index in [4.69, 9.17) is 29.0 Å². The van der Waals surface area contributed by atoms with Crippen LogP contribution in [0, 0.1) is 9.25 Å². The monoisotopic (exact) mass is 798 g/mol. The van der Waals surface area contributed by atoms with E-state index in [1.54, 1.807) is 25.1 Å². The van der Waals surface area contributed by atoms with E-state index in [-0.39, 0.29) is 40.8 Å². The molecular formula is C31H40IN6O9P. The van der Waals surface area contributed by atoms with Crippen molar-refractivity contribution in [2.24, 2.45) is 5.41 Å². The molecule has 0 saturated carbocycles. The zero-order valence-electron chi connectivity index (χ0n) is 27.4. The molecule has 0 radical (unpaired) electrons. The minimum atomic E-state index is -4.39. The van der Waals surface area contributed by atoms with Gasteiger partial charge in [-0.05, 0) is 37.6 Å². The number of rotatable bonds is 12. The maximum atomic E-state index is 14.4. The summed E-state index contributed by atoms with van der Waals surface area (Å²) in [5.41, 5.74) is 4.24. The highest BCUT2D eigenvalue weighted by molar-refractivity contribution is 14.1. The van der Waals surface area contributed by atoms with Crippen LogP contribution in [-0.2, 0) is 23.4 Å². The molecule has 0 aliphatic carbocycles. The number of nitrogen functional groups attached to an aromatic ring is 1. The Bertz CT molecular complexity index is 1840. The molecule has 2 aromatic carbocycles. The second-order valence-corrected chi connectivity index (χ2v) is 15.5. The molecular weight excluding hydrogens is 758 g/mol. The average Bonchev–Trinajstić information content (AvgIpc) is 3.45. The Morgan fingerprint density at radius 3 is 2.62 bits per heavy atom. The zero-order chi connectivity index (χ0) is 35.0. The minimum absolute atomic E-state index is 0.0886. The topological polar surface area (TPSA) is 202 Å². The third-order valence-corrected chi connectivity index (χ3v) is 9.87. The number of imidazole rings is 1. The maximum Gasteiger partial charge on any atom is 0.459 e. The number of nitrogens with two attached hydrogens (primary N) is 1. The molecule has 17 heteroatoms. The van der Waals surface area contributed by atoms with Gasteiger partial charge in [-0.3, -0.25) is 13.9 Å². The molecule has 260 valence electrons. The van der Waals surface area contributed by atoms with Gasteiger partial charge in [0.15, 0.2) is 21.2 Å². The van der Waals surface area contributed by atoms with Crippen LogP contribution in [0.2, 0.25) is 0 Å². The van der Waals surface area contributed by atoms with Crippen LogP contribution in [0.1, 0.15) is 47.8 Å². The van der Waals surface area contributed by atoms with Gasteiger partial charge in [0.25, 0.3) is 0 Å². The lowest BCUT2D eigenvalue weighted by molar-refractivity contribution is -0.148. The van der Waals surface area contributed by atoms with Crippen molar-refractivity contribution in [1.29, 1.82) is 0 Å². The summed E-state index contributed by atoms with van der Waals surface area (Å²) >= 11 is 1.94. The van der Waals surface area contributed by atoms with E-state index in [0.717, 1.165) is 5.39 Å². The largest absolute Gasteiger partial charge is 0.476 e. The summed E-state index contributed by atoms with van der Waals surface area (Å²) in [6, 6.07) is 11.5. The molecule has 0 spiro atoms. The number of aliphatic hydroxyl groups is 2. The summed E-state index contributed by atoms with van der Waals surface area (Å²) < 4.78 is 45.3. The lowest BCUT2D eigenvalue weighted by atomic mass is 9.96. The standard InChI is InChI=1S/C31H40IN6O9P/c1-7-43-25-22-24(35-29(33)36-25)38(28(32)34-22)27-31(6,41)23(39)21(46-27)15-45-48(42,37-17(2)26(40)44-16-30(3,4)5)47-20-14-10-12-18-11-8-9-13-19(18)20/h8-14,17,21,23,27,39,41H,7,15-16H2,1-6H3,(H,37,42)(H2,33,35,36)/t17-,21+,23+,27?,31+,48?/m0/s1. The lowest BCUT2D eigenvalue weighted by Crippen LogP contribution is -2.45. The van der Waals surface area contributed by atoms with Gasteiger partial charge >= 0.3 is 13.7 Å². The molecule has 3 heterocycles. The van der Waals surface area contributed by atoms with Crippen molar-refractivity contribution < 1.29 is 42.8 Å². The van der Waals surface area contributed by atoms with Gasteiger partial charge in [0.2, 0.25) is 11.8 Å². The van der Waals surface area contributed by atoms with E-state index in [2.05, 4.69) is 20.0 Å². The molecule has 1 aliphatic heterocycles. The van der Waals surface area contributed by atoms with Crippen LogP contribution in [0.15, 0.2) is 42.5 Å². The summed E-state index contributed by atoms with van der Waals surface area (Å²) in [5, 5.41) is 27.0. The fourth-order valence-electron chi connectivity index (χ4n) is 5.11. The molecule has 2 unspecified atom stereocenters. The maximum absolute atomic E-state index is 14.4. The molecule has 1 saturated heterocycles. The van der Waals surface area contributed by atoms with Gasteiger partial charge in [0, 0.05) is 28.0 Å². The number of aromatic nitrogens is 4. The van der Waals surface area contributed by atoms with Gasteiger partial charge in [-0.2, -0.15) is 15.1 Å². The van der Waals surface area contributed by atoms with Crippen molar-refractivity contribution in [2.45, 2.75) is 71.6 Å². The first-order chi connectivity index (χ1) is 22.5. The first kappa shape index (κ1) is 36.2. The molecule has 5 N–H and O–H groups in total. The number of fused-ring (bicyclic) bond motifs is 2. The number of hydrogen-bond donors (Lipinski definition) is 4. The summed E-state index contributed by atoms with van der Waals surface area (Å²) in [6.07, 6.45) is -4.00. The molecule has 0 bridgehead atoms. The molecule has 5 rings (SSSR count). The number of anilines is 1. The molecule has 0 amide bonds. The van der Waals surface area contributed by atoms with Crippen LogP contribution < -0.4 is 20.1 Å². The summed E-state index contributed by atoms with van der Waals surface area (Å²) in [6.45, 7) is 10.3. The van der Waals surface area contributed by atoms with E-state index >= 15 is 0 Å². The Morgan fingerprint density at radius 1 is 1.21 bits per heavy atom.